The smallest absolute Gasteiger partial charge is 0.317 e. The molecule has 0 aliphatic heterocycles. The summed E-state index contributed by atoms with van der Waals surface area (Å²) in [5.74, 6) is -0.815. The molecule has 0 saturated carbocycles. The molecule has 5 nitrogen and oxygen atoms in total. The van der Waals surface area contributed by atoms with Crippen molar-refractivity contribution in [1.29, 1.82) is 0 Å². The van der Waals surface area contributed by atoms with Gasteiger partial charge in [-0.05, 0) is 7.05 Å². The van der Waals surface area contributed by atoms with E-state index in [-0.39, 0.29) is 6.54 Å². The Kier molecular flexibility index (Phi) is 18.6. The number of carboxylic acids is 1. The van der Waals surface area contributed by atoms with E-state index in [4.69, 9.17) is 5.11 Å². The lowest BCUT2D eigenvalue weighted by Gasteiger charge is -2.03. The van der Waals surface area contributed by atoms with E-state index in [9.17, 15) is 4.79 Å². The van der Waals surface area contributed by atoms with E-state index in [2.05, 4.69) is 29.8 Å². The molecular formula is C11H27N3O2. The monoisotopic (exact) mass is 233 g/mol. The van der Waals surface area contributed by atoms with Gasteiger partial charge in [-0.15, -0.1) is 0 Å². The van der Waals surface area contributed by atoms with Crippen LogP contribution in [0.3, 0.4) is 0 Å². The zero-order valence-electron chi connectivity index (χ0n) is 10.8. The van der Waals surface area contributed by atoms with Gasteiger partial charge in [0, 0.05) is 26.2 Å². The number of hydrogen-bond donors (Lipinski definition) is 4. The average molecular weight is 233 g/mol. The van der Waals surface area contributed by atoms with Crippen LogP contribution in [0.1, 0.15) is 26.7 Å². The number of aliphatic carboxylic acids is 1. The van der Waals surface area contributed by atoms with E-state index in [0.29, 0.717) is 6.54 Å². The van der Waals surface area contributed by atoms with Crippen molar-refractivity contribution in [2.24, 2.45) is 0 Å². The van der Waals surface area contributed by atoms with Gasteiger partial charge in [0.25, 0.3) is 0 Å². The first kappa shape index (κ1) is 17.7. The van der Waals surface area contributed by atoms with Gasteiger partial charge in [0.2, 0.25) is 0 Å². The molecule has 0 amide bonds. The third-order valence-electron chi connectivity index (χ3n) is 1.81. The molecule has 0 aliphatic rings. The molecule has 98 valence electrons. The second-order valence-electron chi connectivity index (χ2n) is 3.42. The highest BCUT2D eigenvalue weighted by Crippen LogP contribution is 1.76. The van der Waals surface area contributed by atoms with Crippen molar-refractivity contribution in [3.8, 4) is 0 Å². The summed E-state index contributed by atoms with van der Waals surface area (Å²) >= 11 is 0. The number of hydrogen-bond acceptors (Lipinski definition) is 4. The molecule has 0 saturated heterocycles. The van der Waals surface area contributed by atoms with Gasteiger partial charge in [0.15, 0.2) is 0 Å². The normalized spacial score (nSPS) is 9.44. The van der Waals surface area contributed by atoms with Crippen LogP contribution in [0, 0.1) is 0 Å². The molecule has 0 radical (unpaired) electrons. The standard InChI is InChI=1S/C7H17N3O2.C4H10/c1-8-2-3-9-4-5-10-6-7(11)12;1-3-4-2/h8-10H,2-6H2,1H3,(H,11,12);3-4H2,1-2H3. The maximum absolute atomic E-state index is 10.0. The third-order valence-corrected chi connectivity index (χ3v) is 1.81. The quantitative estimate of drug-likeness (QED) is 0.430. The number of nitrogens with one attached hydrogen (secondary N) is 3. The minimum Gasteiger partial charge on any atom is -0.480 e. The Bertz CT molecular complexity index is 141. The number of rotatable bonds is 9. The van der Waals surface area contributed by atoms with Crippen LogP contribution in [0.2, 0.25) is 0 Å². The van der Waals surface area contributed by atoms with Gasteiger partial charge in [-0.1, -0.05) is 26.7 Å². The molecule has 0 heterocycles. The molecule has 0 rings (SSSR count). The summed E-state index contributed by atoms with van der Waals surface area (Å²) in [6.45, 7) is 7.73. The van der Waals surface area contributed by atoms with Gasteiger partial charge < -0.3 is 21.1 Å². The van der Waals surface area contributed by atoms with Crippen molar-refractivity contribution in [1.82, 2.24) is 16.0 Å². The van der Waals surface area contributed by atoms with Crippen LogP contribution >= 0.6 is 0 Å². The summed E-state index contributed by atoms with van der Waals surface area (Å²) in [7, 11) is 1.89. The zero-order valence-corrected chi connectivity index (χ0v) is 10.8. The maximum Gasteiger partial charge on any atom is 0.317 e. The van der Waals surface area contributed by atoms with Crippen LogP contribution in [-0.4, -0.2) is 50.8 Å². The second-order valence-corrected chi connectivity index (χ2v) is 3.42. The lowest BCUT2D eigenvalue weighted by atomic mass is 10.4. The summed E-state index contributed by atoms with van der Waals surface area (Å²) < 4.78 is 0. The summed E-state index contributed by atoms with van der Waals surface area (Å²) in [6.07, 6.45) is 2.64. The number of carbonyl (C=O) groups is 1. The first-order valence-corrected chi connectivity index (χ1v) is 5.96. The number of carboxylic acid groups (broad SMARTS) is 1. The molecule has 0 aliphatic carbocycles. The van der Waals surface area contributed by atoms with Crippen LogP contribution in [0.25, 0.3) is 0 Å². The molecule has 0 fully saturated rings. The summed E-state index contributed by atoms with van der Waals surface area (Å²) in [5, 5.41) is 17.2. The first-order valence-electron chi connectivity index (χ1n) is 5.96. The van der Waals surface area contributed by atoms with E-state index < -0.39 is 5.97 Å². The Morgan fingerprint density at radius 2 is 1.50 bits per heavy atom. The minimum absolute atomic E-state index is 0.0354. The molecule has 0 aromatic heterocycles. The number of unbranched alkanes of at least 4 members (excludes halogenated alkanes) is 1. The van der Waals surface area contributed by atoms with Crippen molar-refractivity contribution in [2.45, 2.75) is 26.7 Å². The lowest BCUT2D eigenvalue weighted by molar-refractivity contribution is -0.135. The topological polar surface area (TPSA) is 73.4 Å². The summed E-state index contributed by atoms with van der Waals surface area (Å²) in [6, 6.07) is 0. The predicted octanol–water partition coefficient (Wildman–Crippen LogP) is 0.276. The van der Waals surface area contributed by atoms with Crippen LogP contribution in [0.15, 0.2) is 0 Å². The molecule has 5 heteroatoms. The second kappa shape index (κ2) is 16.8. The van der Waals surface area contributed by atoms with Gasteiger partial charge in [0.05, 0.1) is 6.54 Å². The van der Waals surface area contributed by atoms with Gasteiger partial charge in [-0.3, -0.25) is 4.79 Å². The van der Waals surface area contributed by atoms with E-state index in [1.165, 1.54) is 12.8 Å². The van der Waals surface area contributed by atoms with Crippen molar-refractivity contribution in [3.63, 3.8) is 0 Å². The van der Waals surface area contributed by atoms with Crippen LogP contribution in [-0.2, 0) is 4.79 Å². The average Bonchev–Trinajstić information content (AvgIpc) is 2.28. The van der Waals surface area contributed by atoms with Crippen LogP contribution in [0.5, 0.6) is 0 Å². The SMILES string of the molecule is CCCC.CNCCNCCNCC(=O)O. The molecule has 0 spiro atoms. The van der Waals surface area contributed by atoms with E-state index >= 15 is 0 Å². The van der Waals surface area contributed by atoms with Crippen LogP contribution in [0.4, 0.5) is 0 Å². The van der Waals surface area contributed by atoms with E-state index in [1.54, 1.807) is 0 Å². The highest BCUT2D eigenvalue weighted by Gasteiger charge is 1.93. The molecule has 0 unspecified atom stereocenters. The van der Waals surface area contributed by atoms with Gasteiger partial charge in [0.1, 0.15) is 0 Å². The molecular weight excluding hydrogens is 206 g/mol. The molecule has 0 bridgehead atoms. The summed E-state index contributed by atoms with van der Waals surface area (Å²) in [4.78, 5) is 10.0. The Balaban J connectivity index is 0. The molecule has 16 heavy (non-hydrogen) atoms. The highest BCUT2D eigenvalue weighted by molar-refractivity contribution is 5.68. The Morgan fingerprint density at radius 3 is 1.94 bits per heavy atom. The number of likely N-dealkylation sites (N-methyl/N-ethyl adjacent to an activating group) is 1. The van der Waals surface area contributed by atoms with Gasteiger partial charge in [-0.25, -0.2) is 0 Å². The highest BCUT2D eigenvalue weighted by atomic mass is 16.4. The Morgan fingerprint density at radius 1 is 1.00 bits per heavy atom. The minimum atomic E-state index is -0.815. The fourth-order valence-electron chi connectivity index (χ4n) is 0.710. The maximum atomic E-state index is 10.0. The molecule has 0 aromatic rings. The van der Waals surface area contributed by atoms with Crippen molar-refractivity contribution in [3.05, 3.63) is 0 Å². The summed E-state index contributed by atoms with van der Waals surface area (Å²) in [5.41, 5.74) is 0. The molecule has 0 atom stereocenters. The Hall–Kier alpha value is -0.650. The molecule has 0 aromatic carbocycles. The Labute approximate surface area is 99.0 Å². The van der Waals surface area contributed by atoms with Crippen LogP contribution < -0.4 is 16.0 Å². The largest absolute Gasteiger partial charge is 0.480 e. The molecule has 4 N–H and O–H groups in total. The fourth-order valence-corrected chi connectivity index (χ4v) is 0.710. The lowest BCUT2D eigenvalue weighted by Crippen LogP contribution is -2.33. The fraction of sp³-hybridized carbons (Fsp3) is 0.909. The van der Waals surface area contributed by atoms with Crippen molar-refractivity contribution in [2.75, 3.05) is 39.8 Å². The third kappa shape index (κ3) is 23.3. The van der Waals surface area contributed by atoms with E-state index in [1.807, 2.05) is 7.05 Å². The zero-order chi connectivity index (χ0) is 12.6. The van der Waals surface area contributed by atoms with Crippen molar-refractivity contribution < 1.29 is 9.90 Å². The van der Waals surface area contributed by atoms with E-state index in [0.717, 1.165) is 19.6 Å². The van der Waals surface area contributed by atoms with Gasteiger partial charge in [-0.2, -0.15) is 0 Å². The van der Waals surface area contributed by atoms with Crippen molar-refractivity contribution >= 4 is 5.97 Å². The van der Waals surface area contributed by atoms with Gasteiger partial charge >= 0.3 is 5.97 Å². The first-order chi connectivity index (χ1) is 7.68. The predicted molar refractivity (Wildman–Crippen MR) is 67.9 cm³/mol.